The molecule has 2 aromatic carbocycles. The summed E-state index contributed by atoms with van der Waals surface area (Å²) in [7, 11) is 1.63. The lowest BCUT2D eigenvalue weighted by molar-refractivity contribution is -0.126. The quantitative estimate of drug-likeness (QED) is 0.656. The van der Waals surface area contributed by atoms with Crippen molar-refractivity contribution in [3.05, 3.63) is 89.9 Å². The molecule has 1 fully saturated rings. The van der Waals surface area contributed by atoms with Crippen LogP contribution in [-0.4, -0.2) is 36.9 Å². The first kappa shape index (κ1) is 20.7. The van der Waals surface area contributed by atoms with Crippen LogP contribution in [0.2, 0.25) is 0 Å². The average Bonchev–Trinajstić information content (AvgIpc) is 3.38. The van der Waals surface area contributed by atoms with Crippen molar-refractivity contribution in [3.63, 3.8) is 0 Å². The molecule has 0 saturated carbocycles. The van der Waals surface area contributed by atoms with E-state index in [0.717, 1.165) is 29.7 Å². The molecule has 3 aromatic rings. The maximum atomic E-state index is 13.2. The number of furan rings is 1. The SMILES string of the molecule is COc1ccc(C(NC(=O)C2CCCN(C(=O)c3ccco3)C2)c2ccccc2)cc1. The molecule has 6 nitrogen and oxygen atoms in total. The summed E-state index contributed by atoms with van der Waals surface area (Å²) in [4.78, 5) is 27.6. The number of nitrogens with one attached hydrogen (secondary N) is 1. The number of amides is 2. The minimum atomic E-state index is -0.282. The van der Waals surface area contributed by atoms with Crippen LogP contribution in [0.5, 0.6) is 5.75 Å². The van der Waals surface area contributed by atoms with Gasteiger partial charge < -0.3 is 19.4 Å². The number of hydrogen-bond acceptors (Lipinski definition) is 4. The number of hydrogen-bond donors (Lipinski definition) is 1. The van der Waals surface area contributed by atoms with Crippen LogP contribution in [0, 0.1) is 5.92 Å². The first-order valence-corrected chi connectivity index (χ1v) is 10.5. The van der Waals surface area contributed by atoms with E-state index in [0.29, 0.717) is 18.8 Å². The summed E-state index contributed by atoms with van der Waals surface area (Å²) in [5.74, 6) is 0.582. The van der Waals surface area contributed by atoms with Gasteiger partial charge in [0.15, 0.2) is 5.76 Å². The van der Waals surface area contributed by atoms with Crippen LogP contribution >= 0.6 is 0 Å². The molecule has 2 atom stereocenters. The summed E-state index contributed by atoms with van der Waals surface area (Å²) < 4.78 is 10.5. The van der Waals surface area contributed by atoms with Crippen molar-refractivity contribution in [2.24, 2.45) is 5.92 Å². The summed E-state index contributed by atoms with van der Waals surface area (Å²) in [6, 6.07) is 20.7. The highest BCUT2D eigenvalue weighted by Gasteiger charge is 2.31. The van der Waals surface area contributed by atoms with Crippen LogP contribution in [0.1, 0.15) is 40.6 Å². The van der Waals surface area contributed by atoms with Crippen molar-refractivity contribution < 1.29 is 18.7 Å². The van der Waals surface area contributed by atoms with Crippen LogP contribution in [0.25, 0.3) is 0 Å². The van der Waals surface area contributed by atoms with Gasteiger partial charge in [0.2, 0.25) is 5.91 Å². The minimum absolute atomic E-state index is 0.0541. The summed E-state index contributed by atoms with van der Waals surface area (Å²) in [5.41, 5.74) is 1.97. The molecule has 6 heteroatoms. The Labute approximate surface area is 181 Å². The normalized spacial score (nSPS) is 17.1. The number of carbonyl (C=O) groups excluding carboxylic acids is 2. The van der Waals surface area contributed by atoms with Crippen molar-refractivity contribution in [2.75, 3.05) is 20.2 Å². The summed E-state index contributed by atoms with van der Waals surface area (Å²) in [6.45, 7) is 1.01. The van der Waals surface area contributed by atoms with Crippen molar-refractivity contribution in [1.29, 1.82) is 0 Å². The molecule has 0 spiro atoms. The largest absolute Gasteiger partial charge is 0.497 e. The fourth-order valence-electron chi connectivity index (χ4n) is 3.99. The monoisotopic (exact) mass is 418 g/mol. The molecule has 2 unspecified atom stereocenters. The zero-order valence-corrected chi connectivity index (χ0v) is 17.5. The highest BCUT2D eigenvalue weighted by molar-refractivity contribution is 5.92. The molecule has 1 N–H and O–H groups in total. The Kier molecular flexibility index (Phi) is 6.36. The predicted octanol–water partition coefficient (Wildman–Crippen LogP) is 4.05. The van der Waals surface area contributed by atoms with Gasteiger partial charge in [0.05, 0.1) is 25.3 Å². The number of benzene rings is 2. The van der Waals surface area contributed by atoms with Gasteiger partial charge in [-0.15, -0.1) is 0 Å². The van der Waals surface area contributed by atoms with E-state index in [1.54, 1.807) is 24.1 Å². The first-order valence-electron chi connectivity index (χ1n) is 10.5. The molecule has 1 aliphatic heterocycles. The second kappa shape index (κ2) is 9.51. The van der Waals surface area contributed by atoms with E-state index in [1.165, 1.54) is 6.26 Å². The van der Waals surface area contributed by atoms with Gasteiger partial charge in [-0.1, -0.05) is 42.5 Å². The number of rotatable bonds is 6. The van der Waals surface area contributed by atoms with Crippen LogP contribution in [-0.2, 0) is 4.79 Å². The van der Waals surface area contributed by atoms with Gasteiger partial charge in [0.1, 0.15) is 5.75 Å². The molecular formula is C25H26N2O4. The van der Waals surface area contributed by atoms with Gasteiger partial charge in [-0.3, -0.25) is 9.59 Å². The van der Waals surface area contributed by atoms with Crippen molar-refractivity contribution in [3.8, 4) is 5.75 Å². The van der Waals surface area contributed by atoms with Crippen molar-refractivity contribution in [2.45, 2.75) is 18.9 Å². The second-order valence-corrected chi connectivity index (χ2v) is 7.69. The van der Waals surface area contributed by atoms with Gasteiger partial charge in [-0.25, -0.2) is 0 Å². The van der Waals surface area contributed by atoms with Crippen LogP contribution in [0.15, 0.2) is 77.4 Å². The van der Waals surface area contributed by atoms with Crippen molar-refractivity contribution in [1.82, 2.24) is 10.2 Å². The lowest BCUT2D eigenvalue weighted by Crippen LogP contribution is -2.46. The lowest BCUT2D eigenvalue weighted by Gasteiger charge is -2.32. The van der Waals surface area contributed by atoms with E-state index >= 15 is 0 Å². The third kappa shape index (κ3) is 4.79. The second-order valence-electron chi connectivity index (χ2n) is 7.69. The fourth-order valence-corrected chi connectivity index (χ4v) is 3.99. The Bertz CT molecular complexity index is 1000. The molecule has 1 aliphatic rings. The number of piperidine rings is 1. The third-order valence-electron chi connectivity index (χ3n) is 5.68. The molecule has 0 bridgehead atoms. The van der Waals surface area contributed by atoms with Gasteiger partial charge in [-0.2, -0.15) is 0 Å². The molecule has 4 rings (SSSR count). The predicted molar refractivity (Wildman–Crippen MR) is 117 cm³/mol. The zero-order chi connectivity index (χ0) is 21.6. The van der Waals surface area contributed by atoms with Crippen LogP contribution < -0.4 is 10.1 Å². The smallest absolute Gasteiger partial charge is 0.289 e. The minimum Gasteiger partial charge on any atom is -0.497 e. The summed E-state index contributed by atoms with van der Waals surface area (Å²) in [5, 5.41) is 3.21. The summed E-state index contributed by atoms with van der Waals surface area (Å²) >= 11 is 0. The Morgan fingerprint density at radius 1 is 1.03 bits per heavy atom. The number of methoxy groups -OCH3 is 1. The first-order chi connectivity index (χ1) is 15.2. The molecule has 1 saturated heterocycles. The van der Waals surface area contributed by atoms with E-state index in [9.17, 15) is 9.59 Å². The van der Waals surface area contributed by atoms with E-state index in [4.69, 9.17) is 9.15 Å². The molecule has 2 amide bonds. The van der Waals surface area contributed by atoms with Gasteiger partial charge in [0.25, 0.3) is 5.91 Å². The highest BCUT2D eigenvalue weighted by Crippen LogP contribution is 2.26. The van der Waals surface area contributed by atoms with Crippen molar-refractivity contribution >= 4 is 11.8 Å². The Morgan fingerprint density at radius 3 is 2.45 bits per heavy atom. The molecule has 0 aliphatic carbocycles. The number of ether oxygens (including phenoxy) is 1. The molecular weight excluding hydrogens is 392 g/mol. The van der Waals surface area contributed by atoms with E-state index in [2.05, 4.69) is 5.32 Å². The Hall–Kier alpha value is -3.54. The Morgan fingerprint density at radius 2 is 1.77 bits per heavy atom. The number of carbonyl (C=O) groups is 2. The maximum absolute atomic E-state index is 13.2. The van der Waals surface area contributed by atoms with Crippen LogP contribution in [0.4, 0.5) is 0 Å². The molecule has 160 valence electrons. The number of likely N-dealkylation sites (tertiary alicyclic amines) is 1. The Balaban J connectivity index is 1.51. The molecule has 0 radical (unpaired) electrons. The van der Waals surface area contributed by atoms with E-state index < -0.39 is 0 Å². The van der Waals surface area contributed by atoms with Gasteiger partial charge >= 0.3 is 0 Å². The maximum Gasteiger partial charge on any atom is 0.289 e. The highest BCUT2D eigenvalue weighted by atomic mass is 16.5. The fraction of sp³-hybridized carbons (Fsp3) is 0.280. The van der Waals surface area contributed by atoms with Crippen LogP contribution in [0.3, 0.4) is 0 Å². The molecule has 31 heavy (non-hydrogen) atoms. The average molecular weight is 418 g/mol. The standard InChI is InChI=1S/C25H26N2O4/c1-30-21-13-11-19(12-14-21)23(18-7-3-2-4-8-18)26-24(28)20-9-5-15-27(17-20)25(29)22-10-6-16-31-22/h2-4,6-8,10-14,16,20,23H,5,9,15,17H2,1H3,(H,26,28). The third-order valence-corrected chi connectivity index (χ3v) is 5.68. The molecule has 1 aromatic heterocycles. The zero-order valence-electron chi connectivity index (χ0n) is 17.5. The van der Waals surface area contributed by atoms with E-state index in [1.807, 2.05) is 54.6 Å². The van der Waals surface area contributed by atoms with Gasteiger partial charge in [-0.05, 0) is 48.2 Å². The number of nitrogens with zero attached hydrogens (tertiary/aromatic N) is 1. The molecule has 2 heterocycles. The summed E-state index contributed by atoms with van der Waals surface area (Å²) in [6.07, 6.45) is 3.02. The topological polar surface area (TPSA) is 71.8 Å². The van der Waals surface area contributed by atoms with Gasteiger partial charge in [0, 0.05) is 13.1 Å². The van der Waals surface area contributed by atoms with E-state index in [-0.39, 0.29) is 23.8 Å². The lowest BCUT2D eigenvalue weighted by atomic mass is 9.94.